The molecule has 2 aromatic heterocycles. The molecule has 0 fully saturated rings. The van der Waals surface area contributed by atoms with Crippen molar-refractivity contribution in [3.8, 4) is 5.75 Å². The number of aromatic nitrogens is 2. The molecule has 0 spiro atoms. The third kappa shape index (κ3) is 2.54. The van der Waals surface area contributed by atoms with Gasteiger partial charge in [0.1, 0.15) is 11.5 Å². The summed E-state index contributed by atoms with van der Waals surface area (Å²) >= 11 is 0. The standard InChI is InChI=1S/C12H6F4N2O/c1-6(7-4-2-3-5-17-7)19-10-8(13)11(15)18-12(16)9(10)14/h2-5H,1H2. The second-order valence-electron chi connectivity index (χ2n) is 3.39. The van der Waals surface area contributed by atoms with E-state index in [0.717, 1.165) is 0 Å². The third-order valence-electron chi connectivity index (χ3n) is 2.13. The van der Waals surface area contributed by atoms with Crippen molar-refractivity contribution in [2.45, 2.75) is 0 Å². The SMILES string of the molecule is C=C(Oc1c(F)c(F)nc(F)c1F)c1ccccn1. The van der Waals surface area contributed by atoms with Gasteiger partial charge in [0.15, 0.2) is 0 Å². The fourth-order valence-corrected chi connectivity index (χ4v) is 1.26. The lowest BCUT2D eigenvalue weighted by molar-refractivity contribution is 0.352. The molecule has 0 amide bonds. The van der Waals surface area contributed by atoms with Gasteiger partial charge in [-0.25, -0.2) is 0 Å². The average Bonchev–Trinajstić information content (AvgIpc) is 2.42. The topological polar surface area (TPSA) is 35.0 Å². The minimum Gasteiger partial charge on any atom is -0.449 e. The summed E-state index contributed by atoms with van der Waals surface area (Å²) in [4.78, 5) is 6.21. The van der Waals surface area contributed by atoms with Crippen molar-refractivity contribution in [1.82, 2.24) is 9.97 Å². The van der Waals surface area contributed by atoms with E-state index in [2.05, 4.69) is 16.5 Å². The number of pyridine rings is 2. The van der Waals surface area contributed by atoms with Gasteiger partial charge in [-0.2, -0.15) is 22.5 Å². The minimum absolute atomic E-state index is 0.166. The van der Waals surface area contributed by atoms with Gasteiger partial charge in [0, 0.05) is 6.20 Å². The zero-order chi connectivity index (χ0) is 14.0. The van der Waals surface area contributed by atoms with Crippen LogP contribution in [0.1, 0.15) is 5.69 Å². The van der Waals surface area contributed by atoms with Gasteiger partial charge in [-0.05, 0) is 12.1 Å². The molecule has 0 aliphatic heterocycles. The summed E-state index contributed by atoms with van der Waals surface area (Å²) in [6, 6.07) is 4.63. The van der Waals surface area contributed by atoms with E-state index in [0.29, 0.717) is 0 Å². The van der Waals surface area contributed by atoms with Gasteiger partial charge in [0.2, 0.25) is 17.4 Å². The molecule has 2 heterocycles. The summed E-state index contributed by atoms with van der Waals surface area (Å²) in [6.07, 6.45) is 1.39. The first-order chi connectivity index (χ1) is 9.00. The summed E-state index contributed by atoms with van der Waals surface area (Å²) in [7, 11) is 0. The van der Waals surface area contributed by atoms with Gasteiger partial charge < -0.3 is 4.74 Å². The lowest BCUT2D eigenvalue weighted by atomic mass is 10.3. The predicted molar refractivity (Wildman–Crippen MR) is 58.0 cm³/mol. The molecule has 19 heavy (non-hydrogen) atoms. The first-order valence-electron chi connectivity index (χ1n) is 4.99. The first kappa shape index (κ1) is 13.0. The molecule has 0 radical (unpaired) electrons. The van der Waals surface area contributed by atoms with Gasteiger partial charge >= 0.3 is 0 Å². The molecular formula is C12H6F4N2O. The molecule has 98 valence electrons. The molecule has 3 nitrogen and oxygen atoms in total. The Morgan fingerprint density at radius 3 is 2.21 bits per heavy atom. The highest BCUT2D eigenvalue weighted by Crippen LogP contribution is 2.27. The minimum atomic E-state index is -1.80. The molecule has 0 aliphatic rings. The Bertz CT molecular complexity index is 605. The van der Waals surface area contributed by atoms with Crippen LogP contribution >= 0.6 is 0 Å². The first-order valence-corrected chi connectivity index (χ1v) is 4.99. The highest BCUT2D eigenvalue weighted by Gasteiger charge is 2.23. The molecule has 0 unspecified atom stereocenters. The molecule has 0 saturated heterocycles. The number of hydrogen-bond donors (Lipinski definition) is 0. The Morgan fingerprint density at radius 1 is 1.05 bits per heavy atom. The Balaban J connectivity index is 2.37. The quantitative estimate of drug-likeness (QED) is 0.488. The van der Waals surface area contributed by atoms with Crippen LogP contribution in [0.5, 0.6) is 5.75 Å². The molecule has 0 saturated carbocycles. The number of rotatable bonds is 3. The third-order valence-corrected chi connectivity index (χ3v) is 2.13. The van der Waals surface area contributed by atoms with E-state index in [4.69, 9.17) is 4.74 Å². The molecule has 0 aliphatic carbocycles. The van der Waals surface area contributed by atoms with Gasteiger partial charge in [-0.3, -0.25) is 4.98 Å². The Morgan fingerprint density at radius 2 is 1.68 bits per heavy atom. The monoisotopic (exact) mass is 270 g/mol. The zero-order valence-electron chi connectivity index (χ0n) is 9.33. The van der Waals surface area contributed by atoms with Crippen LogP contribution in [-0.2, 0) is 0 Å². The number of hydrogen-bond acceptors (Lipinski definition) is 3. The molecule has 7 heteroatoms. The van der Waals surface area contributed by atoms with Crippen LogP contribution in [0, 0.1) is 23.5 Å². The maximum Gasteiger partial charge on any atom is 0.255 e. The largest absolute Gasteiger partial charge is 0.449 e. The molecular weight excluding hydrogens is 264 g/mol. The van der Waals surface area contributed by atoms with E-state index in [-0.39, 0.29) is 11.5 Å². The van der Waals surface area contributed by atoms with E-state index in [1.165, 1.54) is 12.3 Å². The molecule has 2 aromatic rings. The maximum absolute atomic E-state index is 13.3. The number of ether oxygens (including phenoxy) is 1. The van der Waals surface area contributed by atoms with Crippen LogP contribution in [0.2, 0.25) is 0 Å². The van der Waals surface area contributed by atoms with Crippen molar-refractivity contribution in [2.24, 2.45) is 0 Å². The van der Waals surface area contributed by atoms with E-state index < -0.39 is 29.3 Å². The van der Waals surface area contributed by atoms with Crippen molar-refractivity contribution in [3.05, 3.63) is 60.2 Å². The van der Waals surface area contributed by atoms with Gasteiger partial charge in [0.25, 0.3) is 11.9 Å². The van der Waals surface area contributed by atoms with Gasteiger partial charge in [0.05, 0.1) is 0 Å². The summed E-state index contributed by atoms with van der Waals surface area (Å²) in [5.41, 5.74) is 0.166. The molecule has 0 aromatic carbocycles. The number of nitrogens with zero attached hydrogens (tertiary/aromatic N) is 2. The van der Waals surface area contributed by atoms with Gasteiger partial charge in [-0.1, -0.05) is 12.6 Å². The smallest absolute Gasteiger partial charge is 0.255 e. The van der Waals surface area contributed by atoms with E-state index in [1.807, 2.05) is 0 Å². The molecule has 2 rings (SSSR count). The van der Waals surface area contributed by atoms with Crippen molar-refractivity contribution >= 4 is 5.76 Å². The second-order valence-corrected chi connectivity index (χ2v) is 3.39. The zero-order valence-corrected chi connectivity index (χ0v) is 9.33. The lowest BCUT2D eigenvalue weighted by Crippen LogP contribution is -2.06. The van der Waals surface area contributed by atoms with Crippen LogP contribution < -0.4 is 4.74 Å². The van der Waals surface area contributed by atoms with Crippen LogP contribution in [0.25, 0.3) is 5.76 Å². The van der Waals surface area contributed by atoms with Crippen LogP contribution in [0.3, 0.4) is 0 Å². The van der Waals surface area contributed by atoms with E-state index >= 15 is 0 Å². The van der Waals surface area contributed by atoms with Crippen molar-refractivity contribution in [3.63, 3.8) is 0 Å². The molecule has 0 atom stereocenters. The Hall–Kier alpha value is -2.44. The van der Waals surface area contributed by atoms with Crippen LogP contribution in [0.15, 0.2) is 31.0 Å². The fourth-order valence-electron chi connectivity index (χ4n) is 1.26. The van der Waals surface area contributed by atoms with E-state index in [9.17, 15) is 17.6 Å². The summed E-state index contributed by atoms with van der Waals surface area (Å²) < 4.78 is 57.0. The molecule has 0 N–H and O–H groups in total. The van der Waals surface area contributed by atoms with Crippen molar-refractivity contribution in [1.29, 1.82) is 0 Å². The van der Waals surface area contributed by atoms with Crippen LogP contribution in [0.4, 0.5) is 17.6 Å². The summed E-state index contributed by atoms with van der Waals surface area (Å²) in [6.45, 7) is 3.38. The highest BCUT2D eigenvalue weighted by molar-refractivity contribution is 5.56. The van der Waals surface area contributed by atoms with Gasteiger partial charge in [-0.15, -0.1) is 0 Å². The lowest BCUT2D eigenvalue weighted by Gasteiger charge is -2.10. The van der Waals surface area contributed by atoms with E-state index in [1.54, 1.807) is 12.1 Å². The summed E-state index contributed by atoms with van der Waals surface area (Å²) in [5, 5.41) is 0. The maximum atomic E-state index is 13.3. The Kier molecular flexibility index (Phi) is 3.46. The highest BCUT2D eigenvalue weighted by atomic mass is 19.2. The van der Waals surface area contributed by atoms with Crippen molar-refractivity contribution < 1.29 is 22.3 Å². The van der Waals surface area contributed by atoms with Crippen molar-refractivity contribution in [2.75, 3.05) is 0 Å². The average molecular weight is 270 g/mol. The fraction of sp³-hybridized carbons (Fsp3) is 0. The Labute approximate surface area is 105 Å². The predicted octanol–water partition coefficient (Wildman–Crippen LogP) is 3.08. The summed E-state index contributed by atoms with van der Waals surface area (Å²) in [5.74, 6) is -8.60. The normalized spacial score (nSPS) is 10.3. The molecule has 0 bridgehead atoms. The second kappa shape index (κ2) is 5.05. The number of halogens is 4. The van der Waals surface area contributed by atoms with Crippen LogP contribution in [-0.4, -0.2) is 9.97 Å².